The minimum Gasteiger partial charge on any atom is -0.261 e. The highest BCUT2D eigenvalue weighted by molar-refractivity contribution is 9.09. The number of benzene rings is 1. The molecule has 1 aromatic heterocycles. The molecular weight excluding hydrogens is 310 g/mol. The Morgan fingerprint density at radius 2 is 1.94 bits per heavy atom. The predicted molar refractivity (Wildman–Crippen MR) is 80.5 cm³/mol. The normalized spacial score (nSPS) is 12.4. The van der Waals surface area contributed by atoms with Crippen LogP contribution >= 0.6 is 27.5 Å². The van der Waals surface area contributed by atoms with Crippen molar-refractivity contribution in [1.29, 1.82) is 0 Å². The summed E-state index contributed by atoms with van der Waals surface area (Å²) in [6.07, 6.45) is 2.76. The van der Waals surface area contributed by atoms with Crippen LogP contribution in [0.5, 0.6) is 0 Å². The third-order valence-corrected chi connectivity index (χ3v) is 3.86. The van der Waals surface area contributed by atoms with Gasteiger partial charge >= 0.3 is 0 Å². The van der Waals surface area contributed by atoms with Crippen molar-refractivity contribution in [3.8, 4) is 0 Å². The van der Waals surface area contributed by atoms with Crippen LogP contribution in [0.4, 0.5) is 0 Å². The lowest BCUT2D eigenvalue weighted by Crippen LogP contribution is -1.98. The molecule has 0 saturated heterocycles. The highest BCUT2D eigenvalue weighted by Crippen LogP contribution is 2.29. The molecule has 0 aliphatic carbocycles. The van der Waals surface area contributed by atoms with Crippen LogP contribution in [-0.4, -0.2) is 4.98 Å². The highest BCUT2D eigenvalue weighted by Gasteiger charge is 2.10. The Morgan fingerprint density at radius 1 is 1.17 bits per heavy atom. The lowest BCUT2D eigenvalue weighted by Gasteiger charge is -2.11. The summed E-state index contributed by atoms with van der Waals surface area (Å²) in [5.41, 5.74) is 4.64. The molecule has 1 nitrogen and oxygen atoms in total. The molecule has 0 N–H and O–H groups in total. The molecular formula is C15H15BrClN. The van der Waals surface area contributed by atoms with E-state index in [1.54, 1.807) is 0 Å². The zero-order chi connectivity index (χ0) is 13.1. The fourth-order valence-corrected chi connectivity index (χ4v) is 2.76. The third-order valence-electron chi connectivity index (χ3n) is 2.79. The van der Waals surface area contributed by atoms with Crippen LogP contribution in [0.1, 0.15) is 27.2 Å². The van der Waals surface area contributed by atoms with E-state index in [1.807, 2.05) is 25.3 Å². The van der Waals surface area contributed by atoms with Gasteiger partial charge in [0, 0.05) is 28.2 Å². The molecule has 0 spiro atoms. The average molecular weight is 325 g/mol. The van der Waals surface area contributed by atoms with Gasteiger partial charge < -0.3 is 0 Å². The minimum atomic E-state index is 0.241. The second-order valence-corrected chi connectivity index (χ2v) is 6.10. The minimum absolute atomic E-state index is 0.241. The first-order valence-electron chi connectivity index (χ1n) is 5.87. The first-order valence-corrected chi connectivity index (χ1v) is 7.16. The van der Waals surface area contributed by atoms with Crippen molar-refractivity contribution in [1.82, 2.24) is 4.98 Å². The third kappa shape index (κ3) is 3.56. The fraction of sp³-hybridized carbons (Fsp3) is 0.267. The maximum atomic E-state index is 6.08. The number of hydrogen-bond acceptors (Lipinski definition) is 1. The summed E-state index contributed by atoms with van der Waals surface area (Å²) in [6.45, 7) is 4.10. The second kappa shape index (κ2) is 5.85. The van der Waals surface area contributed by atoms with Crippen molar-refractivity contribution in [2.45, 2.75) is 25.1 Å². The fourth-order valence-electron chi connectivity index (χ4n) is 1.87. The summed E-state index contributed by atoms with van der Waals surface area (Å²) < 4.78 is 0. The van der Waals surface area contributed by atoms with Gasteiger partial charge in [0.1, 0.15) is 0 Å². The van der Waals surface area contributed by atoms with Crippen molar-refractivity contribution < 1.29 is 0 Å². The van der Waals surface area contributed by atoms with Gasteiger partial charge in [-0.25, -0.2) is 0 Å². The van der Waals surface area contributed by atoms with Gasteiger partial charge in [-0.15, -0.1) is 0 Å². The maximum Gasteiger partial charge on any atom is 0.0451 e. The Bertz CT molecular complexity index is 516. The number of aryl methyl sites for hydroxylation is 2. The Labute approximate surface area is 121 Å². The van der Waals surface area contributed by atoms with E-state index in [9.17, 15) is 0 Å². The Hall–Kier alpha value is -0.860. The van der Waals surface area contributed by atoms with E-state index >= 15 is 0 Å². The molecule has 0 aliphatic rings. The van der Waals surface area contributed by atoms with Gasteiger partial charge in [-0.1, -0.05) is 39.7 Å². The van der Waals surface area contributed by atoms with Crippen LogP contribution in [0.15, 0.2) is 36.5 Å². The average Bonchev–Trinajstić information content (AvgIpc) is 2.31. The molecule has 0 aliphatic heterocycles. The van der Waals surface area contributed by atoms with E-state index < -0.39 is 0 Å². The van der Waals surface area contributed by atoms with Gasteiger partial charge in [-0.05, 0) is 48.7 Å². The molecule has 1 aromatic carbocycles. The van der Waals surface area contributed by atoms with Gasteiger partial charge in [-0.2, -0.15) is 0 Å². The number of halogens is 2. The monoisotopic (exact) mass is 323 g/mol. The molecule has 0 amide bonds. The number of hydrogen-bond donors (Lipinski definition) is 0. The molecule has 0 fully saturated rings. The molecule has 0 saturated carbocycles. The van der Waals surface area contributed by atoms with Gasteiger partial charge in [-0.3, -0.25) is 4.98 Å². The maximum absolute atomic E-state index is 6.08. The lowest BCUT2D eigenvalue weighted by atomic mass is 10.1. The van der Waals surface area contributed by atoms with Crippen molar-refractivity contribution in [2.24, 2.45) is 0 Å². The molecule has 0 bridgehead atoms. The summed E-state index contributed by atoms with van der Waals surface area (Å²) >= 11 is 9.79. The van der Waals surface area contributed by atoms with Crippen LogP contribution in [-0.2, 0) is 6.42 Å². The first kappa shape index (κ1) is 13.6. The van der Waals surface area contributed by atoms with Crippen LogP contribution in [0, 0.1) is 13.8 Å². The number of rotatable bonds is 3. The predicted octanol–water partition coefficient (Wildman–Crippen LogP) is 5.03. The summed E-state index contributed by atoms with van der Waals surface area (Å²) in [6, 6.07) is 10.3. The van der Waals surface area contributed by atoms with E-state index in [-0.39, 0.29) is 4.83 Å². The summed E-state index contributed by atoms with van der Waals surface area (Å²) in [7, 11) is 0. The number of aromatic nitrogens is 1. The van der Waals surface area contributed by atoms with E-state index in [0.29, 0.717) is 0 Å². The molecule has 1 atom stereocenters. The van der Waals surface area contributed by atoms with Crippen LogP contribution in [0.3, 0.4) is 0 Å². The van der Waals surface area contributed by atoms with Gasteiger partial charge in [0.25, 0.3) is 0 Å². The summed E-state index contributed by atoms with van der Waals surface area (Å²) in [5.74, 6) is 0. The molecule has 0 radical (unpaired) electrons. The summed E-state index contributed by atoms with van der Waals surface area (Å²) in [4.78, 5) is 4.67. The SMILES string of the molecule is Cc1ccc(CC(Br)c2cc(C)cc(Cl)c2)nc1. The molecule has 18 heavy (non-hydrogen) atoms. The van der Waals surface area contributed by atoms with E-state index in [0.717, 1.165) is 17.1 Å². The van der Waals surface area contributed by atoms with Crippen molar-refractivity contribution in [3.63, 3.8) is 0 Å². The Balaban J connectivity index is 2.16. The van der Waals surface area contributed by atoms with Crippen LogP contribution in [0.2, 0.25) is 5.02 Å². The largest absolute Gasteiger partial charge is 0.261 e. The Kier molecular flexibility index (Phi) is 4.41. The van der Waals surface area contributed by atoms with Crippen molar-refractivity contribution in [3.05, 3.63) is 63.9 Å². The van der Waals surface area contributed by atoms with E-state index in [4.69, 9.17) is 11.6 Å². The summed E-state index contributed by atoms with van der Waals surface area (Å²) in [5, 5.41) is 0.784. The van der Waals surface area contributed by atoms with Crippen molar-refractivity contribution in [2.75, 3.05) is 0 Å². The molecule has 94 valence electrons. The van der Waals surface area contributed by atoms with E-state index in [2.05, 4.69) is 46.0 Å². The molecule has 3 heteroatoms. The molecule has 1 heterocycles. The zero-order valence-electron chi connectivity index (χ0n) is 10.5. The smallest absolute Gasteiger partial charge is 0.0451 e. The zero-order valence-corrected chi connectivity index (χ0v) is 12.8. The first-order chi connectivity index (χ1) is 8.54. The number of nitrogens with zero attached hydrogens (tertiary/aromatic N) is 1. The number of pyridine rings is 1. The highest BCUT2D eigenvalue weighted by atomic mass is 79.9. The molecule has 2 rings (SSSR count). The van der Waals surface area contributed by atoms with Crippen molar-refractivity contribution >= 4 is 27.5 Å². The second-order valence-electron chi connectivity index (χ2n) is 4.56. The van der Waals surface area contributed by atoms with Crippen LogP contribution in [0.25, 0.3) is 0 Å². The topological polar surface area (TPSA) is 12.9 Å². The van der Waals surface area contributed by atoms with Gasteiger partial charge in [0.2, 0.25) is 0 Å². The van der Waals surface area contributed by atoms with Gasteiger partial charge in [0.05, 0.1) is 0 Å². The van der Waals surface area contributed by atoms with E-state index in [1.165, 1.54) is 16.7 Å². The standard InChI is InChI=1S/C15H15BrClN/c1-10-3-4-14(18-9-10)8-15(16)12-5-11(2)6-13(17)7-12/h3-7,9,15H,8H2,1-2H3. The van der Waals surface area contributed by atoms with Gasteiger partial charge in [0.15, 0.2) is 0 Å². The number of alkyl halides is 1. The molecule has 2 aromatic rings. The lowest BCUT2D eigenvalue weighted by molar-refractivity contribution is 0.901. The Morgan fingerprint density at radius 3 is 2.56 bits per heavy atom. The molecule has 1 unspecified atom stereocenters. The quantitative estimate of drug-likeness (QED) is 0.722. The van der Waals surface area contributed by atoms with Crippen LogP contribution < -0.4 is 0 Å².